The van der Waals surface area contributed by atoms with E-state index in [1.807, 2.05) is 48.5 Å². The van der Waals surface area contributed by atoms with Crippen molar-refractivity contribution in [2.75, 3.05) is 13.2 Å². The third kappa shape index (κ3) is 4.81. The smallest absolute Gasteiger partial charge is 0.315 e. The van der Waals surface area contributed by atoms with Crippen LogP contribution in [0.1, 0.15) is 11.5 Å². The van der Waals surface area contributed by atoms with Gasteiger partial charge in [-0.05, 0) is 30.7 Å². The fraction of sp³-hybridized carbons (Fsp3) is 0.263. The molecule has 0 bridgehead atoms. The number of carbonyl (C=O) groups is 1. The molecule has 0 aliphatic carbocycles. The minimum absolute atomic E-state index is 0.0135. The van der Waals surface area contributed by atoms with Crippen molar-refractivity contribution in [2.24, 2.45) is 5.92 Å². The largest absolute Gasteiger partial charge is 0.459 e. The van der Waals surface area contributed by atoms with Gasteiger partial charge in [-0.2, -0.15) is 0 Å². The van der Waals surface area contributed by atoms with Crippen LogP contribution in [0, 0.1) is 5.92 Å². The van der Waals surface area contributed by atoms with E-state index in [1.165, 1.54) is 0 Å². The summed E-state index contributed by atoms with van der Waals surface area (Å²) in [7, 11) is 0. The van der Waals surface area contributed by atoms with Gasteiger partial charge in [-0.15, -0.1) is 0 Å². The quantitative estimate of drug-likeness (QED) is 0.617. The van der Waals surface area contributed by atoms with E-state index in [0.717, 1.165) is 16.7 Å². The normalized spacial score (nSPS) is 12.0. The SMILES string of the molecule is O=C(NCc1cc2ccccc2o1)NCC(CO)Cc1ccccn1. The van der Waals surface area contributed by atoms with Crippen LogP contribution < -0.4 is 10.6 Å². The third-order valence-corrected chi connectivity index (χ3v) is 3.93. The third-order valence-electron chi connectivity index (χ3n) is 3.93. The first-order valence-corrected chi connectivity index (χ1v) is 8.24. The van der Waals surface area contributed by atoms with Crippen molar-refractivity contribution in [3.63, 3.8) is 0 Å². The van der Waals surface area contributed by atoms with E-state index in [1.54, 1.807) is 6.20 Å². The molecule has 3 N–H and O–H groups in total. The molecule has 0 aliphatic rings. The van der Waals surface area contributed by atoms with E-state index in [9.17, 15) is 9.90 Å². The molecular formula is C19H21N3O3. The molecule has 0 aliphatic heterocycles. The average Bonchev–Trinajstić information content (AvgIpc) is 3.07. The van der Waals surface area contributed by atoms with Crippen LogP contribution in [0.3, 0.4) is 0 Å². The lowest BCUT2D eigenvalue weighted by molar-refractivity contribution is 0.213. The zero-order valence-corrected chi connectivity index (χ0v) is 13.8. The summed E-state index contributed by atoms with van der Waals surface area (Å²) in [5.74, 6) is 0.621. The van der Waals surface area contributed by atoms with Crippen LogP contribution >= 0.6 is 0 Å². The van der Waals surface area contributed by atoms with Gasteiger partial charge in [0.1, 0.15) is 11.3 Å². The van der Waals surface area contributed by atoms with Crippen LogP contribution in [0.25, 0.3) is 11.0 Å². The maximum absolute atomic E-state index is 11.9. The summed E-state index contributed by atoms with van der Waals surface area (Å²) >= 11 is 0. The number of pyridine rings is 1. The Balaban J connectivity index is 1.45. The number of para-hydroxylation sites is 1. The fourth-order valence-corrected chi connectivity index (χ4v) is 2.61. The number of nitrogens with zero attached hydrogens (tertiary/aromatic N) is 1. The number of furan rings is 1. The van der Waals surface area contributed by atoms with Gasteiger partial charge >= 0.3 is 6.03 Å². The first-order valence-electron chi connectivity index (χ1n) is 8.24. The van der Waals surface area contributed by atoms with E-state index in [2.05, 4.69) is 15.6 Å². The number of aliphatic hydroxyl groups is 1. The number of aromatic nitrogens is 1. The molecular weight excluding hydrogens is 318 g/mol. The molecule has 3 aromatic rings. The summed E-state index contributed by atoms with van der Waals surface area (Å²) in [4.78, 5) is 16.2. The summed E-state index contributed by atoms with van der Waals surface area (Å²) in [6.45, 7) is 0.671. The first-order chi connectivity index (χ1) is 12.2. The van der Waals surface area contributed by atoms with E-state index >= 15 is 0 Å². The molecule has 1 aromatic carbocycles. The molecule has 25 heavy (non-hydrogen) atoms. The molecule has 3 rings (SSSR count). The lowest BCUT2D eigenvalue weighted by Crippen LogP contribution is -2.39. The van der Waals surface area contributed by atoms with Gasteiger partial charge in [-0.25, -0.2) is 4.79 Å². The monoisotopic (exact) mass is 339 g/mol. The minimum Gasteiger partial charge on any atom is -0.459 e. The van der Waals surface area contributed by atoms with Gasteiger partial charge in [0, 0.05) is 36.3 Å². The highest BCUT2D eigenvalue weighted by atomic mass is 16.3. The van der Waals surface area contributed by atoms with Gasteiger partial charge in [-0.1, -0.05) is 24.3 Å². The average molecular weight is 339 g/mol. The van der Waals surface area contributed by atoms with Gasteiger partial charge in [0.15, 0.2) is 0 Å². The van der Waals surface area contributed by atoms with E-state index in [-0.39, 0.29) is 18.6 Å². The Labute approximate surface area is 145 Å². The van der Waals surface area contributed by atoms with Crippen LogP contribution in [0.15, 0.2) is 59.1 Å². The number of hydrogen-bond donors (Lipinski definition) is 3. The van der Waals surface area contributed by atoms with Crippen LogP contribution in [0.2, 0.25) is 0 Å². The molecule has 0 saturated carbocycles. The van der Waals surface area contributed by atoms with E-state index in [0.29, 0.717) is 25.3 Å². The van der Waals surface area contributed by atoms with Gasteiger partial charge in [0.2, 0.25) is 0 Å². The molecule has 0 saturated heterocycles. The summed E-state index contributed by atoms with van der Waals surface area (Å²) in [5.41, 5.74) is 1.70. The fourth-order valence-electron chi connectivity index (χ4n) is 2.61. The maximum atomic E-state index is 11.9. The highest BCUT2D eigenvalue weighted by molar-refractivity contribution is 5.78. The molecule has 2 aromatic heterocycles. The molecule has 6 nitrogen and oxygen atoms in total. The Morgan fingerprint density at radius 2 is 2.00 bits per heavy atom. The molecule has 0 fully saturated rings. The number of urea groups is 1. The second-order valence-corrected chi connectivity index (χ2v) is 5.89. The number of fused-ring (bicyclic) bond motifs is 1. The van der Waals surface area contributed by atoms with Gasteiger partial charge in [0.05, 0.1) is 6.54 Å². The summed E-state index contributed by atoms with van der Waals surface area (Å²) in [6, 6.07) is 15.0. The Morgan fingerprint density at radius 1 is 1.16 bits per heavy atom. The number of benzene rings is 1. The molecule has 1 unspecified atom stereocenters. The Kier molecular flexibility index (Phi) is 5.64. The molecule has 130 valence electrons. The second kappa shape index (κ2) is 8.30. The van der Waals surface area contributed by atoms with Crippen molar-refractivity contribution in [1.82, 2.24) is 15.6 Å². The van der Waals surface area contributed by atoms with Crippen LogP contribution in [0.4, 0.5) is 4.79 Å². The highest BCUT2D eigenvalue weighted by Gasteiger charge is 2.11. The molecule has 2 amide bonds. The number of carbonyl (C=O) groups excluding carboxylic acids is 1. The number of hydrogen-bond acceptors (Lipinski definition) is 4. The molecule has 0 spiro atoms. The van der Waals surface area contributed by atoms with Crippen molar-refractivity contribution in [3.05, 3.63) is 66.2 Å². The van der Waals surface area contributed by atoms with Crippen molar-refractivity contribution in [3.8, 4) is 0 Å². The predicted molar refractivity (Wildman–Crippen MR) is 95.0 cm³/mol. The molecule has 6 heteroatoms. The number of amides is 2. The predicted octanol–water partition coefficient (Wildman–Crippen LogP) is 2.48. The Hall–Kier alpha value is -2.86. The highest BCUT2D eigenvalue weighted by Crippen LogP contribution is 2.18. The molecule has 0 radical (unpaired) electrons. The number of aliphatic hydroxyl groups excluding tert-OH is 1. The lowest BCUT2D eigenvalue weighted by Gasteiger charge is -2.15. The van der Waals surface area contributed by atoms with Crippen molar-refractivity contribution in [2.45, 2.75) is 13.0 Å². The van der Waals surface area contributed by atoms with Crippen LogP contribution in [-0.2, 0) is 13.0 Å². The Morgan fingerprint density at radius 3 is 2.76 bits per heavy atom. The minimum atomic E-state index is -0.292. The van der Waals surface area contributed by atoms with Gasteiger partial charge in [-0.3, -0.25) is 4.98 Å². The van der Waals surface area contributed by atoms with Gasteiger partial charge < -0.3 is 20.2 Å². The van der Waals surface area contributed by atoms with Crippen LogP contribution in [-0.4, -0.2) is 29.3 Å². The molecule has 1 atom stereocenters. The van der Waals surface area contributed by atoms with Crippen molar-refractivity contribution in [1.29, 1.82) is 0 Å². The van der Waals surface area contributed by atoms with Crippen molar-refractivity contribution >= 4 is 17.0 Å². The summed E-state index contributed by atoms with van der Waals surface area (Å²) in [6.07, 6.45) is 2.33. The lowest BCUT2D eigenvalue weighted by atomic mass is 10.0. The first kappa shape index (κ1) is 17.0. The van der Waals surface area contributed by atoms with E-state index < -0.39 is 0 Å². The Bertz CT molecular complexity index is 784. The summed E-state index contributed by atoms with van der Waals surface area (Å²) in [5, 5.41) is 16.0. The summed E-state index contributed by atoms with van der Waals surface area (Å²) < 4.78 is 5.65. The topological polar surface area (TPSA) is 87.4 Å². The van der Waals surface area contributed by atoms with Crippen LogP contribution in [0.5, 0.6) is 0 Å². The number of rotatable bonds is 7. The molecule has 2 heterocycles. The zero-order chi connectivity index (χ0) is 17.5. The van der Waals surface area contributed by atoms with Gasteiger partial charge in [0.25, 0.3) is 0 Å². The second-order valence-electron chi connectivity index (χ2n) is 5.89. The number of nitrogens with one attached hydrogen (secondary N) is 2. The zero-order valence-electron chi connectivity index (χ0n) is 13.8. The van der Waals surface area contributed by atoms with E-state index in [4.69, 9.17) is 4.42 Å². The maximum Gasteiger partial charge on any atom is 0.315 e. The van der Waals surface area contributed by atoms with Crippen molar-refractivity contribution < 1.29 is 14.3 Å². The standard InChI is InChI=1S/C19H21N3O3/c23-13-14(9-16-6-3-4-8-20-16)11-21-19(24)22-12-17-10-15-5-1-2-7-18(15)25-17/h1-8,10,14,23H,9,11-13H2,(H2,21,22,24).